The molecule has 1 heterocycles. The molecule has 0 radical (unpaired) electrons. The average Bonchev–Trinajstić information content (AvgIpc) is 2.34. The number of aliphatic hydroxyl groups excluding tert-OH is 1. The predicted molar refractivity (Wildman–Crippen MR) is 64.0 cm³/mol. The zero-order valence-corrected chi connectivity index (χ0v) is 9.60. The van der Waals surface area contributed by atoms with Gasteiger partial charge in [0.2, 0.25) is 0 Å². The van der Waals surface area contributed by atoms with Crippen LogP contribution in [-0.4, -0.2) is 10.1 Å². The Hall–Kier alpha value is -1.74. The van der Waals surface area contributed by atoms with Crippen molar-refractivity contribution in [2.75, 3.05) is 0 Å². The highest BCUT2D eigenvalue weighted by Gasteiger charge is 2.14. The molecule has 0 fully saturated rings. The van der Waals surface area contributed by atoms with Gasteiger partial charge in [-0.2, -0.15) is 0 Å². The SMILES string of the molecule is Cc1cccc(C(O)Cc2ccncc2)c1F. The molecule has 2 rings (SSSR count). The van der Waals surface area contributed by atoms with Gasteiger partial charge in [-0.25, -0.2) is 4.39 Å². The van der Waals surface area contributed by atoms with Crippen molar-refractivity contribution in [1.82, 2.24) is 4.98 Å². The van der Waals surface area contributed by atoms with Gasteiger partial charge in [-0.15, -0.1) is 0 Å². The van der Waals surface area contributed by atoms with Crippen LogP contribution in [0.1, 0.15) is 22.8 Å². The quantitative estimate of drug-likeness (QED) is 0.881. The number of benzene rings is 1. The lowest BCUT2D eigenvalue weighted by Gasteiger charge is -2.13. The summed E-state index contributed by atoms with van der Waals surface area (Å²) in [6.07, 6.45) is 2.89. The Balaban J connectivity index is 2.20. The van der Waals surface area contributed by atoms with Gasteiger partial charge < -0.3 is 5.11 Å². The first-order chi connectivity index (χ1) is 8.18. The standard InChI is InChI=1S/C14H14FNO/c1-10-3-2-4-12(14(10)15)13(17)9-11-5-7-16-8-6-11/h2-8,13,17H,9H2,1H3. The van der Waals surface area contributed by atoms with Crippen LogP contribution in [0.5, 0.6) is 0 Å². The number of nitrogens with zero attached hydrogens (tertiary/aromatic N) is 1. The minimum Gasteiger partial charge on any atom is -0.388 e. The molecule has 1 unspecified atom stereocenters. The molecule has 0 saturated heterocycles. The van der Waals surface area contributed by atoms with Gasteiger partial charge >= 0.3 is 0 Å². The average molecular weight is 231 g/mol. The summed E-state index contributed by atoms with van der Waals surface area (Å²) in [6.45, 7) is 1.69. The van der Waals surface area contributed by atoms with Gasteiger partial charge in [0.15, 0.2) is 0 Å². The molecule has 1 aromatic carbocycles. The van der Waals surface area contributed by atoms with Crippen molar-refractivity contribution in [2.45, 2.75) is 19.4 Å². The minimum atomic E-state index is -0.822. The van der Waals surface area contributed by atoms with Crippen molar-refractivity contribution in [1.29, 1.82) is 0 Å². The number of aryl methyl sites for hydroxylation is 1. The van der Waals surface area contributed by atoms with Crippen molar-refractivity contribution >= 4 is 0 Å². The minimum absolute atomic E-state index is 0.325. The number of rotatable bonds is 3. The molecule has 0 amide bonds. The third-order valence-corrected chi connectivity index (χ3v) is 2.76. The van der Waals surface area contributed by atoms with Crippen LogP contribution < -0.4 is 0 Å². The van der Waals surface area contributed by atoms with E-state index in [0.29, 0.717) is 17.5 Å². The Bertz CT molecular complexity index is 499. The number of halogens is 1. The molecule has 2 nitrogen and oxygen atoms in total. The maximum Gasteiger partial charge on any atom is 0.131 e. The molecule has 1 atom stereocenters. The van der Waals surface area contributed by atoms with Crippen molar-refractivity contribution in [3.63, 3.8) is 0 Å². The molecule has 0 spiro atoms. The summed E-state index contributed by atoms with van der Waals surface area (Å²) in [5.41, 5.74) is 1.84. The van der Waals surface area contributed by atoms with Gasteiger partial charge in [-0.3, -0.25) is 4.98 Å². The molecule has 0 bridgehead atoms. The van der Waals surface area contributed by atoms with Crippen LogP contribution in [0.25, 0.3) is 0 Å². The Morgan fingerprint density at radius 3 is 2.65 bits per heavy atom. The smallest absolute Gasteiger partial charge is 0.131 e. The van der Waals surface area contributed by atoms with E-state index in [9.17, 15) is 9.50 Å². The number of hydrogen-bond donors (Lipinski definition) is 1. The van der Waals surface area contributed by atoms with Gasteiger partial charge in [-0.1, -0.05) is 18.2 Å². The van der Waals surface area contributed by atoms with E-state index in [2.05, 4.69) is 4.98 Å². The normalized spacial score (nSPS) is 12.4. The Morgan fingerprint density at radius 2 is 1.94 bits per heavy atom. The van der Waals surface area contributed by atoms with Crippen LogP contribution in [0.2, 0.25) is 0 Å². The van der Waals surface area contributed by atoms with Gasteiger partial charge in [0, 0.05) is 24.4 Å². The maximum atomic E-state index is 13.8. The second-order valence-electron chi connectivity index (χ2n) is 4.05. The van der Waals surface area contributed by atoms with E-state index in [-0.39, 0.29) is 5.82 Å². The van der Waals surface area contributed by atoms with Crippen molar-refractivity contribution in [3.8, 4) is 0 Å². The summed E-state index contributed by atoms with van der Waals surface area (Å²) in [5.74, 6) is -0.325. The fraction of sp³-hybridized carbons (Fsp3) is 0.214. The Labute approximate surface area is 99.8 Å². The second kappa shape index (κ2) is 5.06. The number of aromatic nitrogens is 1. The molecule has 1 aromatic heterocycles. The highest BCUT2D eigenvalue weighted by molar-refractivity contribution is 5.28. The summed E-state index contributed by atoms with van der Waals surface area (Å²) >= 11 is 0. The van der Waals surface area contributed by atoms with Crippen LogP contribution in [0.3, 0.4) is 0 Å². The van der Waals surface area contributed by atoms with Crippen LogP contribution in [0.4, 0.5) is 4.39 Å². The van der Waals surface area contributed by atoms with Gasteiger partial charge in [0.05, 0.1) is 6.10 Å². The van der Waals surface area contributed by atoms with E-state index in [1.54, 1.807) is 37.5 Å². The Kier molecular flexibility index (Phi) is 3.49. The largest absolute Gasteiger partial charge is 0.388 e. The topological polar surface area (TPSA) is 33.1 Å². The van der Waals surface area contributed by atoms with Crippen LogP contribution in [0.15, 0.2) is 42.7 Å². The summed E-state index contributed by atoms with van der Waals surface area (Å²) in [5, 5.41) is 10.0. The predicted octanol–water partition coefficient (Wildman–Crippen LogP) is 2.81. The Morgan fingerprint density at radius 1 is 1.24 bits per heavy atom. The molecule has 0 aliphatic heterocycles. The number of aliphatic hydroxyl groups is 1. The first-order valence-electron chi connectivity index (χ1n) is 5.50. The van der Waals surface area contributed by atoms with Crippen LogP contribution in [0, 0.1) is 12.7 Å². The maximum absolute atomic E-state index is 13.8. The van der Waals surface area contributed by atoms with Crippen molar-refractivity contribution in [2.24, 2.45) is 0 Å². The first kappa shape index (κ1) is 11.7. The fourth-order valence-corrected chi connectivity index (χ4v) is 1.78. The third-order valence-electron chi connectivity index (χ3n) is 2.76. The lowest BCUT2D eigenvalue weighted by Crippen LogP contribution is -2.05. The molecule has 3 heteroatoms. The van der Waals surface area contributed by atoms with Gasteiger partial charge in [0.25, 0.3) is 0 Å². The van der Waals surface area contributed by atoms with E-state index in [4.69, 9.17) is 0 Å². The highest BCUT2D eigenvalue weighted by atomic mass is 19.1. The van der Waals surface area contributed by atoms with Crippen LogP contribution >= 0.6 is 0 Å². The zero-order chi connectivity index (χ0) is 12.3. The van der Waals surface area contributed by atoms with Gasteiger partial charge in [-0.05, 0) is 30.2 Å². The molecule has 0 saturated carbocycles. The summed E-state index contributed by atoms with van der Waals surface area (Å²) in [4.78, 5) is 3.90. The van der Waals surface area contributed by atoms with E-state index < -0.39 is 6.10 Å². The van der Waals surface area contributed by atoms with E-state index in [1.807, 2.05) is 12.1 Å². The van der Waals surface area contributed by atoms with Gasteiger partial charge in [0.1, 0.15) is 5.82 Å². The summed E-state index contributed by atoms with van der Waals surface area (Å²) in [7, 11) is 0. The molecular formula is C14H14FNO. The highest BCUT2D eigenvalue weighted by Crippen LogP contribution is 2.22. The molecule has 0 aliphatic carbocycles. The molecule has 2 aromatic rings. The molecule has 0 aliphatic rings. The fourth-order valence-electron chi connectivity index (χ4n) is 1.78. The summed E-state index contributed by atoms with van der Waals surface area (Å²) < 4.78 is 13.8. The van der Waals surface area contributed by atoms with E-state index in [1.165, 1.54) is 0 Å². The summed E-state index contributed by atoms with van der Waals surface area (Å²) in [6, 6.07) is 8.70. The molecule has 1 N–H and O–H groups in total. The number of hydrogen-bond acceptors (Lipinski definition) is 2. The van der Waals surface area contributed by atoms with E-state index in [0.717, 1.165) is 5.56 Å². The zero-order valence-electron chi connectivity index (χ0n) is 9.60. The number of pyridine rings is 1. The van der Waals surface area contributed by atoms with Crippen molar-refractivity contribution < 1.29 is 9.50 Å². The van der Waals surface area contributed by atoms with E-state index >= 15 is 0 Å². The van der Waals surface area contributed by atoms with Crippen molar-refractivity contribution in [3.05, 3.63) is 65.2 Å². The lowest BCUT2D eigenvalue weighted by molar-refractivity contribution is 0.173. The molecular weight excluding hydrogens is 217 g/mol. The third kappa shape index (κ3) is 2.68. The second-order valence-corrected chi connectivity index (χ2v) is 4.05. The first-order valence-corrected chi connectivity index (χ1v) is 5.50. The lowest BCUT2D eigenvalue weighted by atomic mass is 10.00. The monoisotopic (exact) mass is 231 g/mol. The van der Waals surface area contributed by atoms with Crippen LogP contribution in [-0.2, 0) is 6.42 Å². The molecule has 88 valence electrons. The molecule has 17 heavy (non-hydrogen) atoms.